The Labute approximate surface area is 267 Å². The van der Waals surface area contributed by atoms with E-state index in [1.54, 1.807) is 32.8 Å². The van der Waals surface area contributed by atoms with E-state index in [4.69, 9.17) is 18.9 Å². The van der Waals surface area contributed by atoms with Crippen molar-refractivity contribution in [2.75, 3.05) is 39.9 Å². The molecule has 4 atom stereocenters. The minimum atomic E-state index is -0.786. The van der Waals surface area contributed by atoms with Gasteiger partial charge in [0.15, 0.2) is 17.7 Å². The zero-order chi connectivity index (χ0) is 32.4. The minimum absolute atomic E-state index is 0.0429. The lowest BCUT2D eigenvalue weighted by Crippen LogP contribution is -2.53. The maximum atomic E-state index is 13.3. The first-order chi connectivity index (χ1) is 21.4. The molecule has 0 aliphatic carbocycles. The molecule has 3 aliphatic rings. The highest BCUT2D eigenvalue weighted by atomic mass is 16.7. The van der Waals surface area contributed by atoms with E-state index < -0.39 is 23.4 Å². The lowest BCUT2D eigenvalue weighted by Gasteiger charge is -2.44. The van der Waals surface area contributed by atoms with Crippen molar-refractivity contribution in [2.45, 2.75) is 64.8 Å². The van der Waals surface area contributed by atoms with Gasteiger partial charge >= 0.3 is 0 Å². The molecule has 2 aromatic carbocycles. The number of aliphatic hydroxyl groups is 1. The molecule has 0 radical (unpaired) electrons. The molecule has 3 saturated heterocycles. The third-order valence-corrected chi connectivity index (χ3v) is 9.56. The normalized spacial score (nSPS) is 26.5. The van der Waals surface area contributed by atoms with Gasteiger partial charge in [-0.05, 0) is 50.5 Å². The van der Waals surface area contributed by atoms with Crippen LogP contribution in [0.25, 0.3) is 0 Å². The van der Waals surface area contributed by atoms with Gasteiger partial charge in [0.05, 0.1) is 25.9 Å². The maximum Gasteiger partial charge on any atom is 0.254 e. The summed E-state index contributed by atoms with van der Waals surface area (Å²) in [6.07, 6.45) is 2.52. The van der Waals surface area contributed by atoms with Gasteiger partial charge in [-0.15, -0.1) is 0 Å². The average molecular weight is 617 g/mol. The van der Waals surface area contributed by atoms with Crippen molar-refractivity contribution in [3.05, 3.63) is 108 Å². The molecule has 0 aromatic heterocycles. The second kappa shape index (κ2) is 13.5. The Bertz CT molecular complexity index is 1360. The first-order valence-corrected chi connectivity index (χ1v) is 15.8. The number of rotatable bonds is 11. The Morgan fingerprint density at radius 2 is 1.62 bits per heavy atom. The fourth-order valence-corrected chi connectivity index (χ4v) is 6.74. The fourth-order valence-electron chi connectivity index (χ4n) is 6.74. The van der Waals surface area contributed by atoms with Gasteiger partial charge < -0.3 is 29.0 Å². The number of nitrogens with zero attached hydrogens (tertiary/aromatic N) is 2. The number of ether oxygens (including phenoxy) is 4. The molecule has 5 rings (SSSR count). The zero-order valence-electron chi connectivity index (χ0n) is 27.4. The number of carbonyl (C=O) groups is 1. The Balaban J connectivity index is 1.23. The van der Waals surface area contributed by atoms with Gasteiger partial charge in [0.2, 0.25) is 0 Å². The third-order valence-electron chi connectivity index (χ3n) is 9.56. The summed E-state index contributed by atoms with van der Waals surface area (Å²) in [7, 11) is 1.63. The first kappa shape index (κ1) is 32.9. The van der Waals surface area contributed by atoms with Crippen molar-refractivity contribution < 1.29 is 28.8 Å². The summed E-state index contributed by atoms with van der Waals surface area (Å²) in [4.78, 5) is 17.5. The second-order valence-electron chi connectivity index (χ2n) is 13.2. The van der Waals surface area contributed by atoms with E-state index in [1.165, 1.54) is 11.1 Å². The topological polar surface area (TPSA) is 80.7 Å². The van der Waals surface area contributed by atoms with Crippen LogP contribution in [-0.4, -0.2) is 84.8 Å². The SMILES string of the molecule is C=C(/C=C\C(OC)=C(/C)OC1CN(C(c2ccccc2)c2ccccc2)C1)[C@@H]1CN(C(=O)[C@@H]2COC(C)(C)O2)C[C@@]1(C)[C@@H](C)O. The lowest BCUT2D eigenvalue weighted by atomic mass is 9.72. The summed E-state index contributed by atoms with van der Waals surface area (Å²) >= 11 is 0. The van der Waals surface area contributed by atoms with Crippen LogP contribution in [0.2, 0.25) is 0 Å². The highest BCUT2D eigenvalue weighted by Crippen LogP contribution is 2.43. The molecule has 242 valence electrons. The summed E-state index contributed by atoms with van der Waals surface area (Å²) in [6, 6.07) is 21.3. The van der Waals surface area contributed by atoms with Crippen LogP contribution in [0.1, 0.15) is 51.8 Å². The van der Waals surface area contributed by atoms with E-state index in [0.717, 1.165) is 18.7 Å². The van der Waals surface area contributed by atoms with Gasteiger partial charge in [0.1, 0.15) is 11.9 Å². The number of likely N-dealkylation sites (tertiary alicyclic amines) is 2. The van der Waals surface area contributed by atoms with Gasteiger partial charge in [0.25, 0.3) is 5.91 Å². The Morgan fingerprint density at radius 1 is 1.02 bits per heavy atom. The summed E-state index contributed by atoms with van der Waals surface area (Å²) in [5.74, 6) is 0.251. The van der Waals surface area contributed by atoms with Crippen molar-refractivity contribution >= 4 is 5.91 Å². The molecular weight excluding hydrogens is 568 g/mol. The summed E-state index contributed by atoms with van der Waals surface area (Å²) in [5, 5.41) is 10.8. The molecule has 3 heterocycles. The lowest BCUT2D eigenvalue weighted by molar-refractivity contribution is -0.159. The number of allylic oxidation sites excluding steroid dienone is 3. The molecular formula is C37H48N2O6. The quantitative estimate of drug-likeness (QED) is 0.265. The fraction of sp³-hybridized carbons (Fsp3) is 0.486. The number of amides is 1. The van der Waals surface area contributed by atoms with Crippen LogP contribution >= 0.6 is 0 Å². The summed E-state index contributed by atoms with van der Waals surface area (Å²) in [5.41, 5.74) is 2.76. The van der Waals surface area contributed by atoms with Crippen LogP contribution in [0, 0.1) is 11.3 Å². The van der Waals surface area contributed by atoms with Gasteiger partial charge in [-0.3, -0.25) is 9.69 Å². The van der Waals surface area contributed by atoms with Crippen LogP contribution in [0.15, 0.2) is 96.5 Å². The number of benzene rings is 2. The van der Waals surface area contributed by atoms with E-state index >= 15 is 0 Å². The number of hydrogen-bond donors (Lipinski definition) is 1. The maximum absolute atomic E-state index is 13.3. The molecule has 2 aromatic rings. The number of hydrogen-bond acceptors (Lipinski definition) is 7. The zero-order valence-corrected chi connectivity index (χ0v) is 27.4. The molecule has 3 aliphatic heterocycles. The standard InChI is InChI=1S/C37H48N2O6/c1-25(31-22-39(24-37(31,6)27(3)40)35(41)33-23-43-36(4,5)45-33)18-19-32(42-7)26(2)44-30-20-38(21-30)34(28-14-10-8-11-15-28)29-16-12-9-13-17-29/h8-19,27,30-31,33-34,40H,1,20-24H2,2-7H3/b19-18-,32-26-/t27-,31+,33+,37+/m1/s1. The average Bonchev–Trinajstić information content (AvgIpc) is 3.56. The van der Waals surface area contributed by atoms with Gasteiger partial charge in [-0.1, -0.05) is 80.2 Å². The van der Waals surface area contributed by atoms with E-state index in [0.29, 0.717) is 24.6 Å². The van der Waals surface area contributed by atoms with E-state index in [1.807, 2.05) is 38.1 Å². The highest BCUT2D eigenvalue weighted by Gasteiger charge is 2.50. The molecule has 0 spiro atoms. The molecule has 8 nitrogen and oxygen atoms in total. The second-order valence-corrected chi connectivity index (χ2v) is 13.2. The number of methoxy groups -OCH3 is 1. The third kappa shape index (κ3) is 7.20. The molecule has 1 N–H and O–H groups in total. The van der Waals surface area contributed by atoms with Gasteiger partial charge in [-0.2, -0.15) is 0 Å². The van der Waals surface area contributed by atoms with Crippen molar-refractivity contribution in [3.63, 3.8) is 0 Å². The van der Waals surface area contributed by atoms with Crippen molar-refractivity contribution in [1.29, 1.82) is 0 Å². The first-order valence-electron chi connectivity index (χ1n) is 15.8. The highest BCUT2D eigenvalue weighted by molar-refractivity contribution is 5.82. The predicted molar refractivity (Wildman–Crippen MR) is 174 cm³/mol. The van der Waals surface area contributed by atoms with E-state index in [2.05, 4.69) is 60.0 Å². The Kier molecular flexibility index (Phi) is 9.89. The minimum Gasteiger partial charge on any atom is -0.493 e. The molecule has 3 fully saturated rings. The molecule has 0 saturated carbocycles. The van der Waals surface area contributed by atoms with Crippen LogP contribution in [0.3, 0.4) is 0 Å². The molecule has 45 heavy (non-hydrogen) atoms. The van der Waals surface area contributed by atoms with Crippen LogP contribution < -0.4 is 0 Å². The summed E-state index contributed by atoms with van der Waals surface area (Å²) in [6.45, 7) is 16.3. The number of carbonyl (C=O) groups excluding carboxylic acids is 1. The van der Waals surface area contributed by atoms with Gasteiger partial charge in [0, 0.05) is 37.5 Å². The van der Waals surface area contributed by atoms with Crippen LogP contribution in [0.5, 0.6) is 0 Å². The Hall–Kier alpha value is -3.43. The molecule has 8 heteroatoms. The van der Waals surface area contributed by atoms with E-state index in [-0.39, 0.29) is 30.6 Å². The van der Waals surface area contributed by atoms with Crippen LogP contribution in [-0.2, 0) is 23.7 Å². The van der Waals surface area contributed by atoms with Crippen molar-refractivity contribution in [2.24, 2.45) is 11.3 Å². The summed E-state index contributed by atoms with van der Waals surface area (Å²) < 4.78 is 23.5. The predicted octanol–water partition coefficient (Wildman–Crippen LogP) is 5.46. The monoisotopic (exact) mass is 616 g/mol. The van der Waals surface area contributed by atoms with Gasteiger partial charge in [-0.25, -0.2) is 0 Å². The largest absolute Gasteiger partial charge is 0.493 e. The Morgan fingerprint density at radius 3 is 2.13 bits per heavy atom. The van der Waals surface area contributed by atoms with Crippen LogP contribution in [0.4, 0.5) is 0 Å². The molecule has 1 amide bonds. The molecule has 0 bridgehead atoms. The number of aliphatic hydroxyl groups excluding tert-OH is 1. The van der Waals surface area contributed by atoms with Crippen molar-refractivity contribution in [3.8, 4) is 0 Å². The molecule has 0 unspecified atom stereocenters. The van der Waals surface area contributed by atoms with E-state index in [9.17, 15) is 9.90 Å². The smallest absolute Gasteiger partial charge is 0.254 e. The van der Waals surface area contributed by atoms with Crippen molar-refractivity contribution in [1.82, 2.24) is 9.80 Å².